The molecule has 66 valence electrons. The molecule has 0 saturated carbocycles. The minimum atomic E-state index is 0.441. The van der Waals surface area contributed by atoms with Gasteiger partial charge in [0.15, 0.2) is 0 Å². The highest BCUT2D eigenvalue weighted by Crippen LogP contribution is 2.04. The number of rotatable bonds is 3. The largest absolute Gasteiger partial charge is 0.192 e. The highest BCUT2D eigenvalue weighted by Gasteiger charge is 1.92. The molecular weight excluding hydrogens is 146 g/mol. The Balaban J connectivity index is 4.30. The predicted molar refractivity (Wildman–Crippen MR) is 52.5 cm³/mol. The highest BCUT2D eigenvalue weighted by molar-refractivity contribution is 5.33. The Kier molecular flexibility index (Phi) is 5.12. The van der Waals surface area contributed by atoms with E-state index in [1.165, 1.54) is 0 Å². The van der Waals surface area contributed by atoms with Crippen molar-refractivity contribution in [3.8, 4) is 6.07 Å². The molecule has 0 aromatic heterocycles. The minimum Gasteiger partial charge on any atom is -0.192 e. The summed E-state index contributed by atoms with van der Waals surface area (Å²) in [5.74, 6) is 0.949. The van der Waals surface area contributed by atoms with Crippen LogP contribution in [0.25, 0.3) is 0 Å². The number of nitriles is 1. The SMILES string of the molecule is CC(C)/C=C(C#N)/C=C/C(C)C. The zero-order valence-corrected chi connectivity index (χ0v) is 8.33. The van der Waals surface area contributed by atoms with Gasteiger partial charge in [0.25, 0.3) is 0 Å². The number of hydrogen-bond donors (Lipinski definition) is 0. The standard InChI is InChI=1S/C11H17N/c1-9(2)5-6-11(8-12)7-10(3)4/h5-7,9-10H,1-4H3/b6-5+,11-7-. The second-order valence-corrected chi connectivity index (χ2v) is 3.58. The Morgan fingerprint density at radius 1 is 1.17 bits per heavy atom. The van der Waals surface area contributed by atoms with E-state index in [2.05, 4.69) is 33.8 Å². The van der Waals surface area contributed by atoms with Gasteiger partial charge in [-0.05, 0) is 17.9 Å². The van der Waals surface area contributed by atoms with Crippen molar-refractivity contribution in [2.24, 2.45) is 11.8 Å². The quantitative estimate of drug-likeness (QED) is 0.462. The average Bonchev–Trinajstić information content (AvgIpc) is 1.97. The third-order valence-electron chi connectivity index (χ3n) is 1.30. The summed E-state index contributed by atoms with van der Waals surface area (Å²) in [6.07, 6.45) is 5.90. The minimum absolute atomic E-state index is 0.441. The second-order valence-electron chi connectivity index (χ2n) is 3.58. The van der Waals surface area contributed by atoms with Gasteiger partial charge in [-0.25, -0.2) is 0 Å². The van der Waals surface area contributed by atoms with Crippen LogP contribution in [0.5, 0.6) is 0 Å². The van der Waals surface area contributed by atoms with E-state index in [9.17, 15) is 0 Å². The Hall–Kier alpha value is -1.03. The predicted octanol–water partition coefficient (Wildman–Crippen LogP) is 3.30. The molecule has 0 fully saturated rings. The van der Waals surface area contributed by atoms with Crippen LogP contribution in [0.1, 0.15) is 27.7 Å². The van der Waals surface area contributed by atoms with Crippen LogP contribution >= 0.6 is 0 Å². The molecule has 12 heavy (non-hydrogen) atoms. The Morgan fingerprint density at radius 3 is 2.08 bits per heavy atom. The zero-order chi connectivity index (χ0) is 9.56. The van der Waals surface area contributed by atoms with E-state index in [1.54, 1.807) is 0 Å². The first-order valence-electron chi connectivity index (χ1n) is 4.36. The van der Waals surface area contributed by atoms with Gasteiger partial charge in [0.2, 0.25) is 0 Å². The van der Waals surface area contributed by atoms with Crippen molar-refractivity contribution in [1.29, 1.82) is 5.26 Å². The summed E-state index contributed by atoms with van der Waals surface area (Å²) in [7, 11) is 0. The molecule has 0 radical (unpaired) electrons. The Bertz CT molecular complexity index is 214. The average molecular weight is 163 g/mol. The number of hydrogen-bond acceptors (Lipinski definition) is 1. The molecule has 0 N–H and O–H groups in total. The number of allylic oxidation sites excluding steroid dienone is 4. The Morgan fingerprint density at radius 2 is 1.75 bits per heavy atom. The van der Waals surface area contributed by atoms with E-state index in [0.29, 0.717) is 11.8 Å². The van der Waals surface area contributed by atoms with Gasteiger partial charge < -0.3 is 0 Å². The summed E-state index contributed by atoms with van der Waals surface area (Å²) >= 11 is 0. The Labute approximate surface area is 75.4 Å². The lowest BCUT2D eigenvalue weighted by Gasteiger charge is -1.96. The van der Waals surface area contributed by atoms with Gasteiger partial charge in [-0.1, -0.05) is 39.8 Å². The van der Waals surface area contributed by atoms with Crippen LogP contribution in [0.2, 0.25) is 0 Å². The van der Waals surface area contributed by atoms with Crippen molar-refractivity contribution in [2.75, 3.05) is 0 Å². The fourth-order valence-electron chi connectivity index (χ4n) is 0.785. The molecule has 1 nitrogen and oxygen atoms in total. The van der Waals surface area contributed by atoms with Gasteiger partial charge in [-0.3, -0.25) is 0 Å². The molecular formula is C11H17N. The number of nitrogens with zero attached hydrogens (tertiary/aromatic N) is 1. The first-order valence-corrected chi connectivity index (χ1v) is 4.36. The molecule has 0 aliphatic heterocycles. The van der Waals surface area contributed by atoms with E-state index in [0.717, 1.165) is 5.57 Å². The second kappa shape index (κ2) is 5.60. The first kappa shape index (κ1) is 11.0. The van der Waals surface area contributed by atoms with Gasteiger partial charge in [-0.15, -0.1) is 0 Å². The molecule has 0 amide bonds. The van der Waals surface area contributed by atoms with Gasteiger partial charge in [-0.2, -0.15) is 5.26 Å². The monoisotopic (exact) mass is 163 g/mol. The van der Waals surface area contributed by atoms with Crippen molar-refractivity contribution >= 4 is 0 Å². The fourth-order valence-corrected chi connectivity index (χ4v) is 0.785. The van der Waals surface area contributed by atoms with E-state index in [1.807, 2.05) is 18.2 Å². The summed E-state index contributed by atoms with van der Waals surface area (Å²) in [5.41, 5.74) is 0.763. The molecule has 0 atom stereocenters. The van der Waals surface area contributed by atoms with Gasteiger partial charge in [0, 0.05) is 5.57 Å². The molecule has 0 spiro atoms. The maximum Gasteiger partial charge on any atom is 0.0988 e. The van der Waals surface area contributed by atoms with Crippen molar-refractivity contribution in [2.45, 2.75) is 27.7 Å². The lowest BCUT2D eigenvalue weighted by atomic mass is 10.1. The van der Waals surface area contributed by atoms with Crippen LogP contribution in [0.15, 0.2) is 23.8 Å². The topological polar surface area (TPSA) is 23.8 Å². The van der Waals surface area contributed by atoms with Crippen molar-refractivity contribution in [3.63, 3.8) is 0 Å². The van der Waals surface area contributed by atoms with Crippen LogP contribution in [0.4, 0.5) is 0 Å². The molecule has 0 saturated heterocycles. The van der Waals surface area contributed by atoms with Gasteiger partial charge >= 0.3 is 0 Å². The molecule has 0 rings (SSSR count). The molecule has 1 heteroatoms. The normalized spacial score (nSPS) is 12.9. The van der Waals surface area contributed by atoms with Gasteiger partial charge in [0.05, 0.1) is 6.07 Å². The molecule has 0 aliphatic carbocycles. The zero-order valence-electron chi connectivity index (χ0n) is 8.33. The van der Waals surface area contributed by atoms with Crippen LogP contribution in [0.3, 0.4) is 0 Å². The van der Waals surface area contributed by atoms with Crippen LogP contribution in [-0.2, 0) is 0 Å². The summed E-state index contributed by atoms with van der Waals surface area (Å²) in [4.78, 5) is 0. The molecule has 0 heterocycles. The fraction of sp³-hybridized carbons (Fsp3) is 0.545. The third-order valence-corrected chi connectivity index (χ3v) is 1.30. The maximum atomic E-state index is 8.72. The summed E-state index contributed by atoms with van der Waals surface area (Å²) in [6, 6.07) is 2.16. The van der Waals surface area contributed by atoms with Gasteiger partial charge in [0.1, 0.15) is 0 Å². The summed E-state index contributed by atoms with van der Waals surface area (Å²) in [6.45, 7) is 8.34. The summed E-state index contributed by atoms with van der Waals surface area (Å²) in [5, 5.41) is 8.72. The smallest absolute Gasteiger partial charge is 0.0988 e. The highest BCUT2D eigenvalue weighted by atomic mass is 14.2. The molecule has 0 aromatic carbocycles. The molecule has 0 aliphatic rings. The van der Waals surface area contributed by atoms with Crippen molar-refractivity contribution in [1.82, 2.24) is 0 Å². The van der Waals surface area contributed by atoms with Crippen LogP contribution < -0.4 is 0 Å². The molecule has 0 bridgehead atoms. The first-order chi connectivity index (χ1) is 5.56. The lowest BCUT2D eigenvalue weighted by molar-refractivity contribution is 0.821. The van der Waals surface area contributed by atoms with Crippen molar-refractivity contribution < 1.29 is 0 Å². The summed E-state index contributed by atoms with van der Waals surface area (Å²) < 4.78 is 0. The molecule has 0 unspecified atom stereocenters. The van der Waals surface area contributed by atoms with E-state index >= 15 is 0 Å². The van der Waals surface area contributed by atoms with E-state index < -0.39 is 0 Å². The van der Waals surface area contributed by atoms with E-state index in [4.69, 9.17) is 5.26 Å². The molecule has 0 aromatic rings. The maximum absolute atomic E-state index is 8.72. The van der Waals surface area contributed by atoms with Crippen LogP contribution in [0, 0.1) is 23.2 Å². The van der Waals surface area contributed by atoms with E-state index in [-0.39, 0.29) is 0 Å². The lowest BCUT2D eigenvalue weighted by Crippen LogP contribution is -1.83. The van der Waals surface area contributed by atoms with Crippen molar-refractivity contribution in [3.05, 3.63) is 23.8 Å². The third kappa shape index (κ3) is 5.73. The van der Waals surface area contributed by atoms with Crippen LogP contribution in [-0.4, -0.2) is 0 Å².